The van der Waals surface area contributed by atoms with E-state index < -0.39 is 0 Å². The molecule has 0 aliphatic rings. The number of hydrogen-bond donors (Lipinski definition) is 1. The van der Waals surface area contributed by atoms with Gasteiger partial charge in [0.25, 0.3) is 0 Å². The number of amides is 1. The smallest absolute Gasteiger partial charge is 0.224 e. The minimum atomic E-state index is 0.0570. The van der Waals surface area contributed by atoms with Crippen LogP contribution in [0.15, 0.2) is 24.4 Å². The quantitative estimate of drug-likeness (QED) is 0.882. The topological polar surface area (TPSA) is 46.9 Å². The zero-order chi connectivity index (χ0) is 12.4. The molecule has 1 amide bonds. The maximum atomic E-state index is 11.6. The Morgan fingerprint density at radius 2 is 2.24 bits per heavy atom. The third-order valence-electron chi connectivity index (χ3n) is 2.63. The van der Waals surface area contributed by atoms with E-state index in [1.165, 1.54) is 0 Å². The summed E-state index contributed by atoms with van der Waals surface area (Å²) in [7, 11) is 1.89. The van der Waals surface area contributed by atoms with Crippen LogP contribution >= 0.6 is 0 Å². The fourth-order valence-electron chi connectivity index (χ4n) is 1.80. The standard InChI is InChI=1S/C13H17N3O/c1-9(2)6-13(17)15-11-5-4-10-8-14-16(3)12(10)7-11/h4-5,7-9H,6H2,1-3H3,(H,15,17). The van der Waals surface area contributed by atoms with Gasteiger partial charge in [0.2, 0.25) is 5.91 Å². The van der Waals surface area contributed by atoms with Gasteiger partial charge < -0.3 is 5.32 Å². The van der Waals surface area contributed by atoms with Crippen molar-refractivity contribution in [2.45, 2.75) is 20.3 Å². The molecule has 0 atom stereocenters. The van der Waals surface area contributed by atoms with Crippen LogP contribution in [0.3, 0.4) is 0 Å². The second-order valence-electron chi connectivity index (χ2n) is 4.69. The molecule has 90 valence electrons. The average molecular weight is 231 g/mol. The van der Waals surface area contributed by atoms with E-state index in [1.54, 1.807) is 4.68 Å². The summed E-state index contributed by atoms with van der Waals surface area (Å²) in [6.07, 6.45) is 2.36. The molecule has 0 aliphatic heterocycles. The minimum Gasteiger partial charge on any atom is -0.326 e. The molecule has 0 unspecified atom stereocenters. The first-order valence-electron chi connectivity index (χ1n) is 5.78. The number of carbonyl (C=O) groups excluding carboxylic acids is 1. The summed E-state index contributed by atoms with van der Waals surface area (Å²) in [5.74, 6) is 0.428. The molecule has 1 heterocycles. The van der Waals surface area contributed by atoms with Crippen LogP contribution in [-0.4, -0.2) is 15.7 Å². The first-order chi connectivity index (χ1) is 8.06. The van der Waals surface area contributed by atoms with Gasteiger partial charge in [-0.05, 0) is 24.1 Å². The summed E-state index contributed by atoms with van der Waals surface area (Å²) in [5, 5.41) is 8.15. The van der Waals surface area contributed by atoms with E-state index in [2.05, 4.69) is 10.4 Å². The van der Waals surface area contributed by atoms with Gasteiger partial charge in [-0.25, -0.2) is 0 Å². The van der Waals surface area contributed by atoms with Gasteiger partial charge in [0.15, 0.2) is 0 Å². The Morgan fingerprint density at radius 3 is 2.94 bits per heavy atom. The molecule has 0 spiro atoms. The lowest BCUT2D eigenvalue weighted by atomic mass is 10.1. The SMILES string of the molecule is CC(C)CC(=O)Nc1ccc2cnn(C)c2c1. The van der Waals surface area contributed by atoms with Crippen molar-refractivity contribution in [1.29, 1.82) is 0 Å². The van der Waals surface area contributed by atoms with E-state index in [-0.39, 0.29) is 5.91 Å². The van der Waals surface area contributed by atoms with Gasteiger partial charge in [0.1, 0.15) is 0 Å². The number of fused-ring (bicyclic) bond motifs is 1. The van der Waals surface area contributed by atoms with E-state index in [0.29, 0.717) is 12.3 Å². The molecular weight excluding hydrogens is 214 g/mol. The highest BCUT2D eigenvalue weighted by Gasteiger charge is 2.06. The second kappa shape index (κ2) is 4.57. The predicted molar refractivity (Wildman–Crippen MR) is 68.8 cm³/mol. The highest BCUT2D eigenvalue weighted by Crippen LogP contribution is 2.18. The summed E-state index contributed by atoms with van der Waals surface area (Å²) in [6, 6.07) is 5.82. The number of nitrogens with one attached hydrogen (secondary N) is 1. The number of benzene rings is 1. The molecule has 1 aromatic carbocycles. The lowest BCUT2D eigenvalue weighted by Crippen LogP contribution is -2.13. The fourth-order valence-corrected chi connectivity index (χ4v) is 1.80. The largest absolute Gasteiger partial charge is 0.326 e. The molecule has 4 nitrogen and oxygen atoms in total. The van der Waals surface area contributed by atoms with Gasteiger partial charge in [-0.15, -0.1) is 0 Å². The van der Waals surface area contributed by atoms with Crippen LogP contribution < -0.4 is 5.32 Å². The molecular formula is C13H17N3O. The summed E-state index contributed by atoms with van der Waals surface area (Å²) in [4.78, 5) is 11.6. The molecule has 0 saturated heterocycles. The van der Waals surface area contributed by atoms with Crippen LogP contribution in [-0.2, 0) is 11.8 Å². The highest BCUT2D eigenvalue weighted by molar-refractivity contribution is 5.93. The molecule has 0 saturated carbocycles. The van der Waals surface area contributed by atoms with Crippen molar-refractivity contribution >= 4 is 22.5 Å². The maximum absolute atomic E-state index is 11.6. The number of hydrogen-bond acceptors (Lipinski definition) is 2. The van der Waals surface area contributed by atoms with Crippen molar-refractivity contribution in [3.8, 4) is 0 Å². The van der Waals surface area contributed by atoms with Gasteiger partial charge >= 0.3 is 0 Å². The summed E-state index contributed by atoms with van der Waals surface area (Å²) < 4.78 is 1.80. The van der Waals surface area contributed by atoms with Crippen molar-refractivity contribution in [3.63, 3.8) is 0 Å². The number of nitrogens with zero attached hydrogens (tertiary/aromatic N) is 2. The van der Waals surface area contributed by atoms with E-state index in [1.807, 2.05) is 45.3 Å². The number of anilines is 1. The predicted octanol–water partition coefficient (Wildman–Crippen LogP) is 2.56. The fraction of sp³-hybridized carbons (Fsp3) is 0.385. The number of aryl methyl sites for hydroxylation is 1. The normalized spacial score (nSPS) is 11.1. The molecule has 2 aromatic rings. The van der Waals surface area contributed by atoms with Crippen molar-refractivity contribution in [1.82, 2.24) is 9.78 Å². The van der Waals surface area contributed by atoms with Crippen LogP contribution in [0.4, 0.5) is 5.69 Å². The van der Waals surface area contributed by atoms with Crippen molar-refractivity contribution in [2.75, 3.05) is 5.32 Å². The second-order valence-corrected chi connectivity index (χ2v) is 4.69. The molecule has 0 aliphatic carbocycles. The van der Waals surface area contributed by atoms with Crippen LogP contribution in [0.2, 0.25) is 0 Å². The maximum Gasteiger partial charge on any atom is 0.224 e. The number of aromatic nitrogens is 2. The third-order valence-corrected chi connectivity index (χ3v) is 2.63. The molecule has 17 heavy (non-hydrogen) atoms. The monoisotopic (exact) mass is 231 g/mol. The van der Waals surface area contributed by atoms with Crippen molar-refractivity contribution in [2.24, 2.45) is 13.0 Å². The molecule has 0 bridgehead atoms. The van der Waals surface area contributed by atoms with Crippen LogP contribution in [0.5, 0.6) is 0 Å². The molecule has 0 radical (unpaired) electrons. The van der Waals surface area contributed by atoms with Crippen LogP contribution in [0, 0.1) is 5.92 Å². The van der Waals surface area contributed by atoms with E-state index in [4.69, 9.17) is 0 Å². The Bertz CT molecular complexity index is 543. The average Bonchev–Trinajstić information content (AvgIpc) is 2.59. The van der Waals surface area contributed by atoms with Crippen LogP contribution in [0.25, 0.3) is 10.9 Å². The Balaban J connectivity index is 2.19. The molecule has 1 aromatic heterocycles. The highest BCUT2D eigenvalue weighted by atomic mass is 16.1. The van der Waals surface area contributed by atoms with Gasteiger partial charge in [0, 0.05) is 24.5 Å². The number of rotatable bonds is 3. The third kappa shape index (κ3) is 2.64. The first kappa shape index (κ1) is 11.6. The minimum absolute atomic E-state index is 0.0570. The summed E-state index contributed by atoms with van der Waals surface area (Å²) in [6.45, 7) is 4.06. The van der Waals surface area contributed by atoms with Gasteiger partial charge in [-0.2, -0.15) is 5.10 Å². The van der Waals surface area contributed by atoms with Crippen molar-refractivity contribution < 1.29 is 4.79 Å². The Hall–Kier alpha value is -1.84. The first-order valence-corrected chi connectivity index (χ1v) is 5.78. The lowest BCUT2D eigenvalue weighted by Gasteiger charge is -2.07. The van der Waals surface area contributed by atoms with Gasteiger partial charge in [0.05, 0.1) is 11.7 Å². The van der Waals surface area contributed by atoms with E-state index in [9.17, 15) is 4.79 Å². The van der Waals surface area contributed by atoms with Gasteiger partial charge in [-0.3, -0.25) is 9.48 Å². The lowest BCUT2D eigenvalue weighted by molar-refractivity contribution is -0.116. The molecule has 2 rings (SSSR count). The Labute approximate surface area is 101 Å². The summed E-state index contributed by atoms with van der Waals surface area (Å²) >= 11 is 0. The van der Waals surface area contributed by atoms with Crippen molar-refractivity contribution in [3.05, 3.63) is 24.4 Å². The zero-order valence-corrected chi connectivity index (χ0v) is 10.4. The molecule has 0 fully saturated rings. The van der Waals surface area contributed by atoms with E-state index >= 15 is 0 Å². The zero-order valence-electron chi connectivity index (χ0n) is 10.4. The number of carbonyl (C=O) groups is 1. The summed E-state index contributed by atoms with van der Waals surface area (Å²) in [5.41, 5.74) is 1.85. The Kier molecular flexibility index (Phi) is 3.13. The molecule has 1 N–H and O–H groups in total. The molecule has 4 heteroatoms. The Morgan fingerprint density at radius 1 is 1.47 bits per heavy atom. The van der Waals surface area contributed by atoms with E-state index in [0.717, 1.165) is 16.6 Å². The van der Waals surface area contributed by atoms with Gasteiger partial charge in [-0.1, -0.05) is 13.8 Å². The van der Waals surface area contributed by atoms with Crippen LogP contribution in [0.1, 0.15) is 20.3 Å².